The van der Waals surface area contributed by atoms with Gasteiger partial charge in [-0.15, -0.1) is 11.3 Å². The van der Waals surface area contributed by atoms with Crippen molar-refractivity contribution in [2.45, 2.75) is 32.4 Å². The van der Waals surface area contributed by atoms with E-state index in [0.717, 1.165) is 45.6 Å². The molecule has 1 atom stereocenters. The third kappa shape index (κ3) is 5.47. The number of nitrogens with one attached hydrogen (secondary N) is 1. The topological polar surface area (TPSA) is 55.8 Å². The quantitative estimate of drug-likeness (QED) is 0.817. The van der Waals surface area contributed by atoms with Crippen molar-refractivity contribution >= 4 is 17.4 Å². The van der Waals surface area contributed by atoms with Crippen LogP contribution in [0, 0.1) is 0 Å². The van der Waals surface area contributed by atoms with Gasteiger partial charge in [-0.1, -0.05) is 18.2 Å². The molecule has 2 amide bonds. The lowest BCUT2D eigenvalue weighted by molar-refractivity contribution is 0.134. The number of amides is 2. The lowest BCUT2D eigenvalue weighted by atomic mass is 10.1. The molecule has 2 heterocycles. The highest BCUT2D eigenvalue weighted by Crippen LogP contribution is 2.14. The average molecular weight is 374 g/mol. The third-order valence-electron chi connectivity index (χ3n) is 4.79. The summed E-state index contributed by atoms with van der Waals surface area (Å²) in [5, 5.41) is 14.5. The maximum atomic E-state index is 12.5. The molecule has 6 heteroatoms. The molecule has 5 nitrogen and oxygen atoms in total. The molecule has 1 aliphatic rings. The first-order valence-electron chi connectivity index (χ1n) is 9.18. The molecule has 1 fully saturated rings. The first-order valence-corrected chi connectivity index (χ1v) is 10.1. The van der Waals surface area contributed by atoms with Gasteiger partial charge < -0.3 is 15.3 Å². The number of benzene rings is 1. The molecular weight excluding hydrogens is 346 g/mol. The molecule has 0 aliphatic carbocycles. The summed E-state index contributed by atoms with van der Waals surface area (Å²) in [6.45, 7) is 6.44. The Balaban J connectivity index is 1.37. The zero-order valence-electron chi connectivity index (χ0n) is 15.2. The van der Waals surface area contributed by atoms with Gasteiger partial charge in [0.15, 0.2) is 0 Å². The molecule has 0 spiro atoms. The number of piperazine rings is 1. The molecule has 1 aromatic heterocycles. The second kappa shape index (κ2) is 9.05. The van der Waals surface area contributed by atoms with Crippen LogP contribution in [0.1, 0.15) is 23.8 Å². The molecule has 1 aliphatic heterocycles. The Hall–Kier alpha value is -2.05. The first-order chi connectivity index (χ1) is 12.6. The highest BCUT2D eigenvalue weighted by molar-refractivity contribution is 7.09. The van der Waals surface area contributed by atoms with Crippen LogP contribution in [0.25, 0.3) is 0 Å². The number of aromatic hydroxyl groups is 1. The molecule has 140 valence electrons. The monoisotopic (exact) mass is 373 g/mol. The van der Waals surface area contributed by atoms with E-state index in [2.05, 4.69) is 27.7 Å². The molecule has 0 radical (unpaired) electrons. The van der Waals surface area contributed by atoms with Crippen LogP contribution < -0.4 is 5.32 Å². The SMILES string of the molecule is CC(CCc1ccc(O)cc1)NC(=O)N1CCN(Cc2cccs2)CC1. The average Bonchev–Trinajstić information content (AvgIpc) is 3.15. The van der Waals surface area contributed by atoms with Gasteiger partial charge in [0.25, 0.3) is 0 Å². The first kappa shape index (κ1) is 18.7. The number of aryl methyl sites for hydroxylation is 1. The summed E-state index contributed by atoms with van der Waals surface area (Å²) in [5.74, 6) is 0.285. The molecule has 2 aromatic rings. The minimum atomic E-state index is 0.0407. The maximum Gasteiger partial charge on any atom is 0.317 e. The summed E-state index contributed by atoms with van der Waals surface area (Å²) in [5.41, 5.74) is 1.17. The number of phenolic OH excluding ortho intramolecular Hbond substituents is 1. The van der Waals surface area contributed by atoms with E-state index in [9.17, 15) is 9.90 Å². The molecule has 0 saturated carbocycles. The standard InChI is InChI=1S/C20H27N3O2S/c1-16(4-5-17-6-8-18(24)9-7-17)21-20(25)23-12-10-22(11-13-23)15-19-3-2-14-26-19/h2-3,6-9,14,16,24H,4-5,10-13,15H2,1H3,(H,21,25). The van der Waals surface area contributed by atoms with Gasteiger partial charge in [0.05, 0.1) is 0 Å². The number of urea groups is 1. The number of hydrogen-bond acceptors (Lipinski definition) is 4. The predicted molar refractivity (Wildman–Crippen MR) is 106 cm³/mol. The van der Waals surface area contributed by atoms with Crippen molar-refractivity contribution in [2.24, 2.45) is 0 Å². The fourth-order valence-electron chi connectivity index (χ4n) is 3.15. The molecule has 0 bridgehead atoms. The molecule has 1 unspecified atom stereocenters. The van der Waals surface area contributed by atoms with Crippen molar-refractivity contribution in [1.82, 2.24) is 15.1 Å². The van der Waals surface area contributed by atoms with E-state index >= 15 is 0 Å². The second-order valence-corrected chi connectivity index (χ2v) is 7.93. The van der Waals surface area contributed by atoms with Crippen molar-refractivity contribution < 1.29 is 9.90 Å². The Bertz CT molecular complexity index is 680. The Morgan fingerprint density at radius 1 is 1.19 bits per heavy atom. The minimum Gasteiger partial charge on any atom is -0.508 e. The number of phenols is 1. The maximum absolute atomic E-state index is 12.5. The van der Waals surface area contributed by atoms with Gasteiger partial charge in [0.2, 0.25) is 0 Å². The zero-order chi connectivity index (χ0) is 18.4. The Kier molecular flexibility index (Phi) is 6.52. The van der Waals surface area contributed by atoms with E-state index in [1.54, 1.807) is 23.5 Å². The Morgan fingerprint density at radius 3 is 2.58 bits per heavy atom. The van der Waals surface area contributed by atoms with Crippen LogP contribution >= 0.6 is 11.3 Å². The van der Waals surface area contributed by atoms with Crippen LogP contribution in [-0.4, -0.2) is 53.2 Å². The molecule has 1 saturated heterocycles. The van der Waals surface area contributed by atoms with E-state index < -0.39 is 0 Å². The molecular formula is C20H27N3O2S. The number of carbonyl (C=O) groups excluding carboxylic acids is 1. The van der Waals surface area contributed by atoms with Gasteiger partial charge in [-0.3, -0.25) is 4.90 Å². The minimum absolute atomic E-state index is 0.0407. The summed E-state index contributed by atoms with van der Waals surface area (Å²) in [6.07, 6.45) is 1.77. The second-order valence-electron chi connectivity index (χ2n) is 6.90. The number of hydrogen-bond donors (Lipinski definition) is 2. The summed E-state index contributed by atoms with van der Waals surface area (Å²) in [7, 11) is 0. The number of carbonyl (C=O) groups is 1. The lowest BCUT2D eigenvalue weighted by Gasteiger charge is -2.35. The van der Waals surface area contributed by atoms with Gasteiger partial charge >= 0.3 is 6.03 Å². The Morgan fingerprint density at radius 2 is 1.92 bits per heavy atom. The number of rotatable bonds is 6. The number of nitrogens with zero attached hydrogens (tertiary/aromatic N) is 2. The van der Waals surface area contributed by atoms with Crippen LogP contribution in [0.5, 0.6) is 5.75 Å². The van der Waals surface area contributed by atoms with E-state index in [-0.39, 0.29) is 17.8 Å². The summed E-state index contributed by atoms with van der Waals surface area (Å²) < 4.78 is 0. The largest absolute Gasteiger partial charge is 0.508 e. The highest BCUT2D eigenvalue weighted by atomic mass is 32.1. The van der Waals surface area contributed by atoms with Crippen LogP contribution in [0.3, 0.4) is 0 Å². The van der Waals surface area contributed by atoms with Crippen LogP contribution in [0.2, 0.25) is 0 Å². The lowest BCUT2D eigenvalue weighted by Crippen LogP contribution is -2.52. The van der Waals surface area contributed by atoms with E-state index in [1.807, 2.05) is 24.0 Å². The van der Waals surface area contributed by atoms with Crippen molar-refractivity contribution in [2.75, 3.05) is 26.2 Å². The summed E-state index contributed by atoms with van der Waals surface area (Å²) in [6, 6.07) is 11.7. The third-order valence-corrected chi connectivity index (χ3v) is 5.65. The highest BCUT2D eigenvalue weighted by Gasteiger charge is 2.22. The van der Waals surface area contributed by atoms with Crippen molar-refractivity contribution in [3.63, 3.8) is 0 Å². The van der Waals surface area contributed by atoms with Crippen LogP contribution in [0.4, 0.5) is 4.79 Å². The van der Waals surface area contributed by atoms with Crippen molar-refractivity contribution in [1.29, 1.82) is 0 Å². The molecule has 26 heavy (non-hydrogen) atoms. The fraction of sp³-hybridized carbons (Fsp3) is 0.450. The van der Waals surface area contributed by atoms with Gasteiger partial charge in [-0.2, -0.15) is 0 Å². The summed E-state index contributed by atoms with van der Waals surface area (Å²) in [4.78, 5) is 18.2. The summed E-state index contributed by atoms with van der Waals surface area (Å²) >= 11 is 1.79. The normalized spacial score (nSPS) is 16.4. The van der Waals surface area contributed by atoms with Gasteiger partial charge in [0, 0.05) is 43.6 Å². The number of thiophene rings is 1. The predicted octanol–water partition coefficient (Wildman–Crippen LogP) is 3.30. The molecule has 2 N–H and O–H groups in total. The van der Waals surface area contributed by atoms with Crippen molar-refractivity contribution in [3.05, 3.63) is 52.2 Å². The van der Waals surface area contributed by atoms with E-state index in [1.165, 1.54) is 10.4 Å². The van der Waals surface area contributed by atoms with E-state index in [4.69, 9.17) is 0 Å². The fourth-order valence-corrected chi connectivity index (χ4v) is 3.90. The van der Waals surface area contributed by atoms with Gasteiger partial charge in [-0.25, -0.2) is 4.79 Å². The van der Waals surface area contributed by atoms with Gasteiger partial charge in [-0.05, 0) is 48.9 Å². The zero-order valence-corrected chi connectivity index (χ0v) is 16.0. The van der Waals surface area contributed by atoms with Crippen molar-refractivity contribution in [3.8, 4) is 5.75 Å². The van der Waals surface area contributed by atoms with Gasteiger partial charge in [0.1, 0.15) is 5.75 Å². The van der Waals surface area contributed by atoms with E-state index in [0.29, 0.717) is 0 Å². The van der Waals surface area contributed by atoms with Crippen LogP contribution in [0.15, 0.2) is 41.8 Å². The molecule has 3 rings (SSSR count). The Labute approximate surface area is 159 Å². The smallest absolute Gasteiger partial charge is 0.317 e. The van der Waals surface area contributed by atoms with Crippen LogP contribution in [-0.2, 0) is 13.0 Å². The molecule has 1 aromatic carbocycles.